The number of halogens is 1. The average Bonchev–Trinajstić information content (AvgIpc) is 2.28. The van der Waals surface area contributed by atoms with Gasteiger partial charge in [0.1, 0.15) is 0 Å². The van der Waals surface area contributed by atoms with Gasteiger partial charge in [-0.1, -0.05) is 31.9 Å². The van der Waals surface area contributed by atoms with Crippen LogP contribution in [0.15, 0.2) is 17.1 Å². The molecule has 5 heteroatoms. The summed E-state index contributed by atoms with van der Waals surface area (Å²) in [4.78, 5) is 4.32. The first kappa shape index (κ1) is 17.7. The van der Waals surface area contributed by atoms with Gasteiger partial charge in [-0.2, -0.15) is 0 Å². The quantitative estimate of drug-likeness (QED) is 0.308. The van der Waals surface area contributed by atoms with Gasteiger partial charge in [0.25, 0.3) is 0 Å². The summed E-state index contributed by atoms with van der Waals surface area (Å²) in [6.07, 6.45) is 3.93. The Balaban J connectivity index is 0.00000289. The van der Waals surface area contributed by atoms with Crippen LogP contribution in [0.5, 0.6) is 0 Å². The Morgan fingerprint density at radius 3 is 2.78 bits per heavy atom. The molecule has 0 aromatic carbocycles. The minimum Gasteiger partial charge on any atom is -0.392 e. The summed E-state index contributed by atoms with van der Waals surface area (Å²) >= 11 is 0. The van der Waals surface area contributed by atoms with Crippen LogP contribution < -0.4 is 11.1 Å². The van der Waals surface area contributed by atoms with Crippen molar-refractivity contribution in [3.05, 3.63) is 12.2 Å². The summed E-state index contributed by atoms with van der Waals surface area (Å²) in [5, 5.41) is 13.0. The van der Waals surface area contributed by atoms with Crippen molar-refractivity contribution in [2.24, 2.45) is 16.1 Å². The number of aliphatic imine (C=N–C) groups is 1. The highest BCUT2D eigenvalue weighted by atomic mass is 127. The van der Waals surface area contributed by atoms with E-state index in [0.717, 1.165) is 24.8 Å². The molecule has 0 bridgehead atoms. The molecule has 106 valence electrons. The lowest BCUT2D eigenvalue weighted by Gasteiger charge is -2.37. The summed E-state index contributed by atoms with van der Waals surface area (Å²) < 4.78 is 0. The minimum absolute atomic E-state index is 0. The van der Waals surface area contributed by atoms with Gasteiger partial charge in [-0.05, 0) is 19.8 Å². The van der Waals surface area contributed by atoms with E-state index in [0.29, 0.717) is 19.0 Å². The molecule has 4 nitrogen and oxygen atoms in total. The molecule has 0 radical (unpaired) electrons. The summed E-state index contributed by atoms with van der Waals surface area (Å²) in [5.74, 6) is 0.437. The molecule has 1 saturated carbocycles. The maximum atomic E-state index is 10.0. The Kier molecular flexibility index (Phi) is 7.86. The first-order valence-corrected chi connectivity index (χ1v) is 6.30. The molecule has 1 fully saturated rings. The van der Waals surface area contributed by atoms with Crippen molar-refractivity contribution in [2.45, 2.75) is 45.6 Å². The summed E-state index contributed by atoms with van der Waals surface area (Å²) in [5.41, 5.74) is 6.66. The fraction of sp³-hybridized carbons (Fsp3) is 0.769. The number of guanidine groups is 1. The first-order chi connectivity index (χ1) is 7.94. The number of nitrogens with one attached hydrogen (secondary N) is 1. The SMILES string of the molecule is C=C(C)CNC(N)=NCC1(C)CCCCC1O.I. The zero-order valence-electron chi connectivity index (χ0n) is 11.4. The third-order valence-electron chi connectivity index (χ3n) is 3.46. The van der Waals surface area contributed by atoms with Gasteiger partial charge in [0, 0.05) is 12.0 Å². The summed E-state index contributed by atoms with van der Waals surface area (Å²) in [6.45, 7) is 9.05. The molecule has 0 aromatic heterocycles. The molecule has 1 aliphatic carbocycles. The Hall–Kier alpha value is -0.300. The van der Waals surface area contributed by atoms with Crippen molar-refractivity contribution in [2.75, 3.05) is 13.1 Å². The number of aliphatic hydroxyl groups excluding tert-OH is 1. The summed E-state index contributed by atoms with van der Waals surface area (Å²) in [7, 11) is 0. The van der Waals surface area contributed by atoms with Crippen LogP contribution in [0.25, 0.3) is 0 Å². The average molecular weight is 367 g/mol. The van der Waals surface area contributed by atoms with Crippen LogP contribution in [0.2, 0.25) is 0 Å². The Labute approximate surface area is 127 Å². The largest absolute Gasteiger partial charge is 0.392 e. The molecule has 2 unspecified atom stereocenters. The van der Waals surface area contributed by atoms with Crippen LogP contribution in [-0.2, 0) is 0 Å². The van der Waals surface area contributed by atoms with Crippen molar-refractivity contribution in [3.8, 4) is 0 Å². The Morgan fingerprint density at radius 2 is 2.22 bits per heavy atom. The number of hydrogen-bond donors (Lipinski definition) is 3. The lowest BCUT2D eigenvalue weighted by molar-refractivity contribution is 0.00720. The fourth-order valence-corrected chi connectivity index (χ4v) is 2.13. The van der Waals surface area contributed by atoms with E-state index >= 15 is 0 Å². The van der Waals surface area contributed by atoms with Crippen LogP contribution in [0.1, 0.15) is 39.5 Å². The van der Waals surface area contributed by atoms with E-state index in [-0.39, 0.29) is 35.5 Å². The Bertz CT molecular complexity index is 307. The molecule has 1 aliphatic rings. The number of aliphatic hydroxyl groups is 1. The molecule has 18 heavy (non-hydrogen) atoms. The lowest BCUT2D eigenvalue weighted by Crippen LogP contribution is -2.40. The fourth-order valence-electron chi connectivity index (χ4n) is 2.13. The minimum atomic E-state index is -0.256. The first-order valence-electron chi connectivity index (χ1n) is 6.30. The van der Waals surface area contributed by atoms with Gasteiger partial charge in [0.2, 0.25) is 0 Å². The highest BCUT2D eigenvalue weighted by molar-refractivity contribution is 14.0. The van der Waals surface area contributed by atoms with Crippen LogP contribution in [0.4, 0.5) is 0 Å². The highest BCUT2D eigenvalue weighted by Gasteiger charge is 2.35. The molecule has 0 aliphatic heterocycles. The van der Waals surface area contributed by atoms with Crippen molar-refractivity contribution in [1.29, 1.82) is 0 Å². The predicted molar refractivity (Wildman–Crippen MR) is 87.3 cm³/mol. The number of rotatable bonds is 4. The van der Waals surface area contributed by atoms with Crippen molar-refractivity contribution < 1.29 is 5.11 Å². The highest BCUT2D eigenvalue weighted by Crippen LogP contribution is 2.36. The molecule has 0 spiro atoms. The second-order valence-corrected chi connectivity index (χ2v) is 5.43. The zero-order chi connectivity index (χ0) is 12.9. The number of nitrogens with two attached hydrogens (primary N) is 1. The topological polar surface area (TPSA) is 70.6 Å². The third-order valence-corrected chi connectivity index (χ3v) is 3.46. The van der Waals surface area contributed by atoms with Gasteiger partial charge in [-0.3, -0.25) is 4.99 Å². The third kappa shape index (κ3) is 5.56. The van der Waals surface area contributed by atoms with Crippen LogP contribution in [0, 0.1) is 5.41 Å². The molecule has 0 amide bonds. The Morgan fingerprint density at radius 1 is 1.56 bits per heavy atom. The van der Waals surface area contributed by atoms with E-state index in [2.05, 4.69) is 23.8 Å². The normalized spacial score (nSPS) is 28.4. The van der Waals surface area contributed by atoms with Crippen LogP contribution in [-0.4, -0.2) is 30.3 Å². The zero-order valence-corrected chi connectivity index (χ0v) is 13.7. The van der Waals surface area contributed by atoms with Crippen molar-refractivity contribution in [3.63, 3.8) is 0 Å². The number of hydrogen-bond acceptors (Lipinski definition) is 2. The molecule has 2 atom stereocenters. The molecule has 4 N–H and O–H groups in total. The molecule has 1 rings (SSSR count). The number of nitrogens with zero attached hydrogens (tertiary/aromatic N) is 1. The van der Waals surface area contributed by atoms with E-state index in [1.54, 1.807) is 0 Å². The maximum Gasteiger partial charge on any atom is 0.188 e. The van der Waals surface area contributed by atoms with Crippen LogP contribution in [0.3, 0.4) is 0 Å². The van der Waals surface area contributed by atoms with Crippen molar-refractivity contribution in [1.82, 2.24) is 5.32 Å². The van der Waals surface area contributed by atoms with E-state index in [9.17, 15) is 5.11 Å². The van der Waals surface area contributed by atoms with Gasteiger partial charge >= 0.3 is 0 Å². The van der Waals surface area contributed by atoms with E-state index in [1.807, 2.05) is 6.92 Å². The summed E-state index contributed by atoms with van der Waals surface area (Å²) in [6, 6.07) is 0. The van der Waals surface area contributed by atoms with Gasteiger partial charge in [0.15, 0.2) is 5.96 Å². The second-order valence-electron chi connectivity index (χ2n) is 5.43. The van der Waals surface area contributed by atoms with Crippen molar-refractivity contribution >= 4 is 29.9 Å². The molecular formula is C13H26IN3O. The maximum absolute atomic E-state index is 10.0. The van der Waals surface area contributed by atoms with Crippen LogP contribution >= 0.6 is 24.0 Å². The smallest absolute Gasteiger partial charge is 0.188 e. The molecule has 0 heterocycles. The molecule has 0 aromatic rings. The van der Waals surface area contributed by atoms with Gasteiger partial charge in [-0.25, -0.2) is 0 Å². The molecular weight excluding hydrogens is 341 g/mol. The van der Waals surface area contributed by atoms with E-state index < -0.39 is 0 Å². The lowest BCUT2D eigenvalue weighted by atomic mass is 9.73. The second kappa shape index (κ2) is 7.99. The van der Waals surface area contributed by atoms with E-state index in [4.69, 9.17) is 5.73 Å². The van der Waals surface area contributed by atoms with Gasteiger partial charge in [-0.15, -0.1) is 24.0 Å². The van der Waals surface area contributed by atoms with Gasteiger partial charge < -0.3 is 16.2 Å². The monoisotopic (exact) mass is 367 g/mol. The molecule has 0 saturated heterocycles. The predicted octanol–water partition coefficient (Wildman–Crippen LogP) is 2.03. The standard InChI is InChI=1S/C13H25N3O.HI/c1-10(2)8-15-12(14)16-9-13(3)7-5-4-6-11(13)17;/h11,17H,1,4-9H2,2-3H3,(H3,14,15,16);1H. The van der Waals surface area contributed by atoms with Gasteiger partial charge in [0.05, 0.1) is 12.6 Å². The van der Waals surface area contributed by atoms with E-state index in [1.165, 1.54) is 6.42 Å².